The quantitative estimate of drug-likeness (QED) is 0.548. The molecule has 0 unspecified atom stereocenters. The Labute approximate surface area is 202 Å². The summed E-state index contributed by atoms with van der Waals surface area (Å²) in [6.45, 7) is 1.78. The number of benzene rings is 1. The van der Waals surface area contributed by atoms with E-state index in [1.54, 1.807) is 0 Å². The zero-order valence-electron chi connectivity index (χ0n) is 19.4. The molecule has 0 atom stereocenters. The molecular formula is C23H28FN5O5S. The Hall–Kier alpha value is -2.99. The number of rotatable bonds is 6. The summed E-state index contributed by atoms with van der Waals surface area (Å²) in [4.78, 5) is 28.0. The van der Waals surface area contributed by atoms with Crippen LogP contribution in [0.4, 0.5) is 16.1 Å². The molecule has 0 spiro atoms. The lowest BCUT2D eigenvalue weighted by molar-refractivity contribution is -0.119. The maximum Gasteiger partial charge on any atom is 0.304 e. The summed E-state index contributed by atoms with van der Waals surface area (Å²) in [5, 5.41) is 5.91. The molecule has 0 saturated carbocycles. The molecule has 188 valence electrons. The second kappa shape index (κ2) is 9.23. The molecule has 1 aromatic carbocycles. The topological polar surface area (TPSA) is 134 Å². The van der Waals surface area contributed by atoms with Crippen LogP contribution >= 0.6 is 0 Å². The third-order valence-electron chi connectivity index (χ3n) is 6.96. The van der Waals surface area contributed by atoms with Crippen molar-refractivity contribution in [2.75, 3.05) is 18.4 Å². The van der Waals surface area contributed by atoms with Crippen LogP contribution < -0.4 is 15.4 Å². The predicted octanol–water partition coefficient (Wildman–Crippen LogP) is 2.11. The number of fused-ring (bicyclic) bond motifs is 2. The van der Waals surface area contributed by atoms with E-state index in [1.165, 1.54) is 11.2 Å². The monoisotopic (exact) mass is 505 g/mol. The molecule has 10 nitrogen and oxygen atoms in total. The number of oxazole rings is 1. The number of halogens is 1. The molecule has 2 heterocycles. The van der Waals surface area contributed by atoms with Crippen LogP contribution in [0.5, 0.6) is 0 Å². The number of nitrogens with one attached hydrogen (secondary N) is 3. The van der Waals surface area contributed by atoms with Crippen LogP contribution in [0, 0.1) is 5.82 Å². The molecule has 3 N–H and O–H groups in total. The van der Waals surface area contributed by atoms with Gasteiger partial charge in [0.1, 0.15) is 12.1 Å². The lowest BCUT2D eigenvalue weighted by Crippen LogP contribution is -2.50. The minimum absolute atomic E-state index is 0.0541. The molecular weight excluding hydrogens is 477 g/mol. The van der Waals surface area contributed by atoms with E-state index >= 15 is 0 Å². The number of carbonyl (C=O) groups excluding carboxylic acids is 2. The second-order valence-corrected chi connectivity index (χ2v) is 11.0. The number of aromatic nitrogens is 1. The first-order valence-electron chi connectivity index (χ1n) is 11.9. The van der Waals surface area contributed by atoms with Crippen molar-refractivity contribution in [3.8, 4) is 0 Å². The molecule has 1 fully saturated rings. The van der Waals surface area contributed by atoms with Gasteiger partial charge in [0, 0.05) is 31.7 Å². The molecule has 5 rings (SSSR count). The number of hydrogen-bond donors (Lipinski definition) is 3. The van der Waals surface area contributed by atoms with Crippen LogP contribution in [-0.4, -0.2) is 48.7 Å². The van der Waals surface area contributed by atoms with E-state index in [-0.39, 0.29) is 42.6 Å². The van der Waals surface area contributed by atoms with Crippen molar-refractivity contribution in [3.63, 3.8) is 0 Å². The first-order valence-corrected chi connectivity index (χ1v) is 13.3. The highest BCUT2D eigenvalue weighted by Crippen LogP contribution is 2.41. The highest BCUT2D eigenvalue weighted by molar-refractivity contribution is 7.87. The van der Waals surface area contributed by atoms with Crippen LogP contribution in [0.2, 0.25) is 0 Å². The van der Waals surface area contributed by atoms with Gasteiger partial charge in [-0.2, -0.15) is 17.7 Å². The fourth-order valence-corrected chi connectivity index (χ4v) is 6.50. The van der Waals surface area contributed by atoms with E-state index < -0.39 is 16.1 Å². The summed E-state index contributed by atoms with van der Waals surface area (Å²) < 4.78 is 48.9. The summed E-state index contributed by atoms with van der Waals surface area (Å²) in [5.41, 5.74) is 3.96. The van der Waals surface area contributed by atoms with E-state index in [1.807, 2.05) is 4.72 Å². The van der Waals surface area contributed by atoms with Gasteiger partial charge in [-0.1, -0.05) is 0 Å². The molecule has 0 bridgehead atoms. The molecule has 3 aliphatic rings. The van der Waals surface area contributed by atoms with E-state index in [4.69, 9.17) is 4.42 Å². The Kier molecular flexibility index (Phi) is 6.26. The fourth-order valence-electron chi connectivity index (χ4n) is 5.34. The van der Waals surface area contributed by atoms with Gasteiger partial charge in [0.2, 0.25) is 5.91 Å². The van der Waals surface area contributed by atoms with E-state index in [0.29, 0.717) is 25.7 Å². The minimum atomic E-state index is -4.08. The van der Waals surface area contributed by atoms with Crippen LogP contribution in [0.25, 0.3) is 0 Å². The van der Waals surface area contributed by atoms with Crippen molar-refractivity contribution in [1.29, 1.82) is 0 Å². The van der Waals surface area contributed by atoms with Gasteiger partial charge < -0.3 is 15.1 Å². The number of carbonyl (C=O) groups is 2. The van der Waals surface area contributed by atoms with Gasteiger partial charge in [0.15, 0.2) is 5.69 Å². The Morgan fingerprint density at radius 3 is 2.26 bits per heavy atom. The number of piperidine rings is 1. The SMILES string of the molecule is CC(=O)NC1CCN(S(=O)(=O)NC(=O)c2coc(Nc3c4c(c(F)c5c3CCC5)CCC4)n2)CC1. The van der Waals surface area contributed by atoms with Crippen molar-refractivity contribution in [3.05, 3.63) is 40.0 Å². The minimum Gasteiger partial charge on any atom is -0.431 e. The standard InChI is InChI=1S/C23H28FN5O5S/c1-13(30)25-14-8-10-29(11-9-14)35(32,33)28-22(31)19-12-34-23(26-19)27-21-17-6-2-4-15(17)20(24)16-5-3-7-18(16)21/h12,14H,2-11H2,1H3,(H,25,30)(H,26,27)(H,28,31). The van der Waals surface area contributed by atoms with E-state index in [2.05, 4.69) is 15.6 Å². The van der Waals surface area contributed by atoms with E-state index in [0.717, 1.165) is 59.9 Å². The number of anilines is 2. The fraction of sp³-hybridized carbons (Fsp3) is 0.522. The summed E-state index contributed by atoms with van der Waals surface area (Å²) in [6.07, 6.45) is 6.67. The van der Waals surface area contributed by atoms with Crippen LogP contribution in [0.15, 0.2) is 10.7 Å². The third kappa shape index (κ3) is 4.64. The molecule has 2 amide bonds. The van der Waals surface area contributed by atoms with Crippen molar-refractivity contribution in [2.45, 2.75) is 64.3 Å². The molecule has 2 aromatic rings. The van der Waals surface area contributed by atoms with Crippen molar-refractivity contribution in [1.82, 2.24) is 19.3 Å². The summed E-state index contributed by atoms with van der Waals surface area (Å²) in [5.74, 6) is -1.15. The van der Waals surface area contributed by atoms with Gasteiger partial charge in [0.25, 0.3) is 11.9 Å². The molecule has 1 aliphatic heterocycles. The van der Waals surface area contributed by atoms with Gasteiger partial charge in [0.05, 0.1) is 0 Å². The first kappa shape index (κ1) is 23.7. The number of amides is 2. The summed E-state index contributed by atoms with van der Waals surface area (Å²) >= 11 is 0. The average Bonchev–Trinajstić information content (AvgIpc) is 3.57. The molecule has 0 radical (unpaired) electrons. The Bertz CT molecular complexity index is 1250. The summed E-state index contributed by atoms with van der Waals surface area (Å²) in [6, 6.07) is -0.0355. The Morgan fingerprint density at radius 1 is 1.06 bits per heavy atom. The predicted molar refractivity (Wildman–Crippen MR) is 125 cm³/mol. The Morgan fingerprint density at radius 2 is 1.66 bits per heavy atom. The van der Waals surface area contributed by atoms with Crippen molar-refractivity contribution in [2.24, 2.45) is 0 Å². The zero-order valence-corrected chi connectivity index (χ0v) is 20.3. The van der Waals surface area contributed by atoms with Gasteiger partial charge in [-0.15, -0.1) is 0 Å². The zero-order chi connectivity index (χ0) is 24.7. The lowest BCUT2D eigenvalue weighted by atomic mass is 9.98. The van der Waals surface area contributed by atoms with Gasteiger partial charge in [-0.05, 0) is 73.6 Å². The van der Waals surface area contributed by atoms with Crippen molar-refractivity contribution < 1.29 is 26.8 Å². The number of nitrogens with zero attached hydrogens (tertiary/aromatic N) is 2. The maximum absolute atomic E-state index is 14.9. The van der Waals surface area contributed by atoms with Crippen LogP contribution in [0.1, 0.15) is 65.3 Å². The van der Waals surface area contributed by atoms with Gasteiger partial charge in [-0.3, -0.25) is 9.59 Å². The molecule has 2 aliphatic carbocycles. The van der Waals surface area contributed by atoms with Crippen molar-refractivity contribution >= 4 is 33.7 Å². The van der Waals surface area contributed by atoms with E-state index in [9.17, 15) is 22.4 Å². The lowest BCUT2D eigenvalue weighted by Gasteiger charge is -2.31. The van der Waals surface area contributed by atoms with Crippen LogP contribution in [-0.2, 0) is 40.7 Å². The molecule has 35 heavy (non-hydrogen) atoms. The Balaban J connectivity index is 1.27. The third-order valence-corrected chi connectivity index (χ3v) is 8.45. The van der Waals surface area contributed by atoms with Crippen LogP contribution in [0.3, 0.4) is 0 Å². The molecule has 1 aromatic heterocycles. The molecule has 1 saturated heterocycles. The second-order valence-electron chi connectivity index (χ2n) is 9.28. The number of hydrogen-bond acceptors (Lipinski definition) is 7. The normalized spacial score (nSPS) is 18.2. The highest BCUT2D eigenvalue weighted by Gasteiger charge is 2.32. The highest BCUT2D eigenvalue weighted by atomic mass is 32.2. The van der Waals surface area contributed by atoms with Gasteiger partial charge >= 0.3 is 10.2 Å². The largest absolute Gasteiger partial charge is 0.431 e. The summed E-state index contributed by atoms with van der Waals surface area (Å²) in [7, 11) is -4.08. The maximum atomic E-state index is 14.9. The molecule has 12 heteroatoms. The first-order chi connectivity index (χ1) is 16.7. The van der Waals surface area contributed by atoms with Gasteiger partial charge in [-0.25, -0.2) is 9.11 Å². The average molecular weight is 506 g/mol. The smallest absolute Gasteiger partial charge is 0.304 e.